The number of hydrogen-bond acceptors (Lipinski definition) is 3. The lowest BCUT2D eigenvalue weighted by Crippen LogP contribution is -2.42. The third-order valence-electron chi connectivity index (χ3n) is 3.74. The molecule has 1 aromatic rings. The predicted molar refractivity (Wildman–Crippen MR) is 74.6 cm³/mol. The van der Waals surface area contributed by atoms with Gasteiger partial charge in [-0.2, -0.15) is 0 Å². The van der Waals surface area contributed by atoms with Crippen LogP contribution < -0.4 is 16.4 Å². The van der Waals surface area contributed by atoms with Crippen LogP contribution in [0, 0.1) is 5.92 Å². The average Bonchev–Trinajstić information content (AvgIpc) is 2.32. The van der Waals surface area contributed by atoms with Gasteiger partial charge >= 0.3 is 0 Å². The molecule has 2 unspecified atom stereocenters. The lowest BCUT2D eigenvalue weighted by molar-refractivity contribution is 0.100. The van der Waals surface area contributed by atoms with E-state index in [0.29, 0.717) is 23.2 Å². The number of benzene rings is 1. The highest BCUT2D eigenvalue weighted by Crippen LogP contribution is 2.34. The van der Waals surface area contributed by atoms with E-state index in [-0.39, 0.29) is 0 Å². The van der Waals surface area contributed by atoms with Gasteiger partial charge in [-0.25, -0.2) is 0 Å². The normalized spacial score (nSPS) is 24.0. The second-order valence-corrected chi connectivity index (χ2v) is 5.29. The van der Waals surface area contributed by atoms with E-state index in [2.05, 4.69) is 18.7 Å². The second kappa shape index (κ2) is 4.88. The largest absolute Gasteiger partial charge is 0.397 e. The quantitative estimate of drug-likeness (QED) is 0.785. The van der Waals surface area contributed by atoms with Gasteiger partial charge in [0.25, 0.3) is 5.91 Å². The van der Waals surface area contributed by atoms with Crippen molar-refractivity contribution in [1.82, 2.24) is 0 Å². The predicted octanol–water partition coefficient (Wildman–Crippen LogP) is 1.99. The summed E-state index contributed by atoms with van der Waals surface area (Å²) in [7, 11) is 0. The zero-order chi connectivity index (χ0) is 13.3. The molecule has 4 heteroatoms. The molecule has 1 fully saturated rings. The number of hydrogen-bond donors (Lipinski definition) is 2. The maximum Gasteiger partial charge on any atom is 0.250 e. The van der Waals surface area contributed by atoms with E-state index in [4.69, 9.17) is 11.5 Å². The van der Waals surface area contributed by atoms with Crippen molar-refractivity contribution < 1.29 is 4.79 Å². The molecular formula is C14H21N3O. The first-order chi connectivity index (χ1) is 8.50. The van der Waals surface area contributed by atoms with E-state index in [1.165, 1.54) is 6.42 Å². The van der Waals surface area contributed by atoms with Gasteiger partial charge in [0.1, 0.15) is 0 Å². The molecule has 0 saturated carbocycles. The Hall–Kier alpha value is -1.71. The smallest absolute Gasteiger partial charge is 0.250 e. The molecule has 4 nitrogen and oxygen atoms in total. The van der Waals surface area contributed by atoms with E-state index in [9.17, 15) is 4.79 Å². The van der Waals surface area contributed by atoms with Crippen LogP contribution >= 0.6 is 0 Å². The van der Waals surface area contributed by atoms with Crippen molar-refractivity contribution in [3.8, 4) is 0 Å². The maximum atomic E-state index is 11.5. The van der Waals surface area contributed by atoms with Crippen LogP contribution in [-0.2, 0) is 0 Å². The summed E-state index contributed by atoms with van der Waals surface area (Å²) in [5.74, 6) is 0.198. The number of carbonyl (C=O) groups is 1. The summed E-state index contributed by atoms with van der Waals surface area (Å²) in [4.78, 5) is 13.8. The van der Waals surface area contributed by atoms with Crippen LogP contribution in [0.3, 0.4) is 0 Å². The van der Waals surface area contributed by atoms with Gasteiger partial charge in [-0.05, 0) is 37.8 Å². The molecule has 0 aliphatic carbocycles. The van der Waals surface area contributed by atoms with Crippen molar-refractivity contribution in [3.05, 3.63) is 23.8 Å². The van der Waals surface area contributed by atoms with E-state index in [1.807, 2.05) is 6.07 Å². The van der Waals surface area contributed by atoms with E-state index < -0.39 is 5.91 Å². The Morgan fingerprint density at radius 1 is 1.33 bits per heavy atom. The minimum Gasteiger partial charge on any atom is -0.397 e. The lowest BCUT2D eigenvalue weighted by Gasteiger charge is -2.39. The molecule has 18 heavy (non-hydrogen) atoms. The van der Waals surface area contributed by atoms with E-state index in [0.717, 1.165) is 18.7 Å². The van der Waals surface area contributed by atoms with Gasteiger partial charge in [0, 0.05) is 12.6 Å². The Kier molecular flexibility index (Phi) is 3.45. The van der Waals surface area contributed by atoms with Gasteiger partial charge < -0.3 is 16.4 Å². The Bertz CT molecular complexity index is 458. The topological polar surface area (TPSA) is 72.3 Å². The Labute approximate surface area is 108 Å². The second-order valence-electron chi connectivity index (χ2n) is 5.29. The molecule has 98 valence electrons. The van der Waals surface area contributed by atoms with Gasteiger partial charge in [-0.15, -0.1) is 0 Å². The van der Waals surface area contributed by atoms with Gasteiger partial charge in [0.05, 0.1) is 16.9 Å². The summed E-state index contributed by atoms with van der Waals surface area (Å²) in [6.45, 7) is 5.32. The minimum absolute atomic E-state index is 0.393. The first kappa shape index (κ1) is 12.7. The molecule has 0 aromatic heterocycles. The SMILES string of the molecule is CC1CCC(C)N(c2c(N)cccc2C(N)=O)C1. The summed E-state index contributed by atoms with van der Waals surface area (Å²) in [6.07, 6.45) is 2.34. The molecule has 0 bridgehead atoms. The van der Waals surface area contributed by atoms with Crippen LogP contribution in [0.2, 0.25) is 0 Å². The van der Waals surface area contributed by atoms with Crippen molar-refractivity contribution >= 4 is 17.3 Å². The number of rotatable bonds is 2. The molecule has 4 N–H and O–H groups in total. The maximum absolute atomic E-state index is 11.5. The minimum atomic E-state index is -0.414. The lowest BCUT2D eigenvalue weighted by atomic mass is 9.93. The number of nitrogen functional groups attached to an aromatic ring is 1. The van der Waals surface area contributed by atoms with Crippen molar-refractivity contribution in [2.75, 3.05) is 17.2 Å². The highest BCUT2D eigenvalue weighted by molar-refractivity contribution is 6.01. The van der Waals surface area contributed by atoms with Crippen LogP contribution in [0.15, 0.2) is 18.2 Å². The summed E-state index contributed by atoms with van der Waals surface area (Å²) >= 11 is 0. The van der Waals surface area contributed by atoms with Crippen LogP contribution in [0.4, 0.5) is 11.4 Å². The first-order valence-electron chi connectivity index (χ1n) is 6.45. The summed E-state index contributed by atoms with van der Waals surface area (Å²) < 4.78 is 0. The summed E-state index contributed by atoms with van der Waals surface area (Å²) in [5, 5.41) is 0. The Morgan fingerprint density at radius 2 is 2.06 bits per heavy atom. The number of carbonyl (C=O) groups excluding carboxylic acids is 1. The fourth-order valence-corrected chi connectivity index (χ4v) is 2.68. The van der Waals surface area contributed by atoms with Crippen molar-refractivity contribution in [2.45, 2.75) is 32.7 Å². The summed E-state index contributed by atoms with van der Waals surface area (Å²) in [5.41, 5.74) is 13.5. The zero-order valence-corrected chi connectivity index (χ0v) is 11.0. The fraction of sp³-hybridized carbons (Fsp3) is 0.500. The van der Waals surface area contributed by atoms with Crippen LogP contribution in [0.25, 0.3) is 0 Å². The number of nitrogens with two attached hydrogens (primary N) is 2. The molecule has 1 heterocycles. The van der Waals surface area contributed by atoms with Crippen LogP contribution in [-0.4, -0.2) is 18.5 Å². The summed E-state index contributed by atoms with van der Waals surface area (Å²) in [6, 6.07) is 5.74. The fourth-order valence-electron chi connectivity index (χ4n) is 2.68. The third-order valence-corrected chi connectivity index (χ3v) is 3.74. The standard InChI is InChI=1S/C14H21N3O/c1-9-6-7-10(2)17(8-9)13-11(14(16)18)4-3-5-12(13)15/h3-5,9-10H,6-8,15H2,1-2H3,(H2,16,18). The van der Waals surface area contributed by atoms with Crippen molar-refractivity contribution in [3.63, 3.8) is 0 Å². The first-order valence-corrected chi connectivity index (χ1v) is 6.45. The van der Waals surface area contributed by atoms with E-state index in [1.54, 1.807) is 12.1 Å². The van der Waals surface area contributed by atoms with Crippen LogP contribution in [0.1, 0.15) is 37.0 Å². The van der Waals surface area contributed by atoms with Gasteiger partial charge in [0.2, 0.25) is 0 Å². The Morgan fingerprint density at radius 3 is 2.72 bits per heavy atom. The highest BCUT2D eigenvalue weighted by Gasteiger charge is 2.27. The molecule has 0 radical (unpaired) electrons. The van der Waals surface area contributed by atoms with E-state index >= 15 is 0 Å². The number of anilines is 2. The number of primary amides is 1. The molecule has 1 amide bonds. The molecule has 0 spiro atoms. The third kappa shape index (κ3) is 2.28. The molecule has 1 saturated heterocycles. The highest BCUT2D eigenvalue weighted by atomic mass is 16.1. The molecule has 1 aromatic carbocycles. The van der Waals surface area contributed by atoms with Gasteiger partial charge in [-0.3, -0.25) is 4.79 Å². The number of nitrogens with zero attached hydrogens (tertiary/aromatic N) is 1. The molecule has 1 aliphatic rings. The number of piperidine rings is 1. The van der Waals surface area contributed by atoms with Crippen molar-refractivity contribution in [2.24, 2.45) is 11.7 Å². The van der Waals surface area contributed by atoms with Gasteiger partial charge in [0.15, 0.2) is 0 Å². The Balaban J connectivity index is 2.45. The molecular weight excluding hydrogens is 226 g/mol. The number of para-hydroxylation sites is 1. The molecule has 1 aliphatic heterocycles. The van der Waals surface area contributed by atoms with Gasteiger partial charge in [-0.1, -0.05) is 13.0 Å². The van der Waals surface area contributed by atoms with Crippen molar-refractivity contribution in [1.29, 1.82) is 0 Å². The molecule has 2 rings (SSSR count). The number of amides is 1. The molecule has 2 atom stereocenters. The average molecular weight is 247 g/mol. The monoisotopic (exact) mass is 247 g/mol. The zero-order valence-electron chi connectivity index (χ0n) is 11.0. The van der Waals surface area contributed by atoms with Crippen LogP contribution in [0.5, 0.6) is 0 Å².